The van der Waals surface area contributed by atoms with Crippen LogP contribution in [0.4, 0.5) is 5.00 Å². The van der Waals surface area contributed by atoms with E-state index in [2.05, 4.69) is 10.6 Å². The molecule has 2 N–H and O–H groups in total. The van der Waals surface area contributed by atoms with Crippen LogP contribution >= 0.6 is 11.3 Å². The van der Waals surface area contributed by atoms with Gasteiger partial charge in [-0.1, -0.05) is 0 Å². The number of rotatable bonds is 7. The zero-order valence-electron chi connectivity index (χ0n) is 15.1. The van der Waals surface area contributed by atoms with Crippen LogP contribution in [0.25, 0.3) is 0 Å². The predicted molar refractivity (Wildman–Crippen MR) is 101 cm³/mol. The molecule has 0 saturated heterocycles. The number of amides is 2. The molecule has 0 saturated carbocycles. The van der Waals surface area contributed by atoms with E-state index in [1.54, 1.807) is 13.2 Å². The Morgan fingerprint density at radius 3 is 2.81 bits per heavy atom. The van der Waals surface area contributed by atoms with E-state index in [0.717, 1.165) is 43.2 Å². The van der Waals surface area contributed by atoms with E-state index in [0.29, 0.717) is 23.7 Å². The Kier molecular flexibility index (Phi) is 6.11. The molecule has 0 radical (unpaired) electrons. The molecule has 0 atom stereocenters. The fourth-order valence-electron chi connectivity index (χ4n) is 3.17. The number of fused-ring (bicyclic) bond motifs is 1. The van der Waals surface area contributed by atoms with Crippen LogP contribution in [0.5, 0.6) is 0 Å². The van der Waals surface area contributed by atoms with Crippen LogP contribution in [-0.2, 0) is 17.6 Å². The highest BCUT2D eigenvalue weighted by molar-refractivity contribution is 7.17. The number of hydrogen-bond acceptors (Lipinski definition) is 5. The second-order valence-corrected chi connectivity index (χ2v) is 7.51. The molecule has 3 rings (SSSR count). The SMILES string of the molecule is COCCCNC(=O)c1c(NC(=O)c2occc2C)sc2c1CCCC2. The maximum Gasteiger partial charge on any atom is 0.292 e. The summed E-state index contributed by atoms with van der Waals surface area (Å²) in [5, 5.41) is 6.45. The third-order valence-electron chi connectivity index (χ3n) is 4.50. The van der Waals surface area contributed by atoms with E-state index in [9.17, 15) is 9.59 Å². The molecule has 1 aliphatic rings. The largest absolute Gasteiger partial charge is 0.459 e. The lowest BCUT2D eigenvalue weighted by atomic mass is 9.95. The monoisotopic (exact) mass is 376 g/mol. The van der Waals surface area contributed by atoms with E-state index in [1.165, 1.54) is 22.5 Å². The van der Waals surface area contributed by atoms with Gasteiger partial charge in [0.1, 0.15) is 5.00 Å². The summed E-state index contributed by atoms with van der Waals surface area (Å²) in [5.74, 6) is -0.172. The number of carbonyl (C=O) groups is 2. The molecule has 26 heavy (non-hydrogen) atoms. The fraction of sp³-hybridized carbons (Fsp3) is 0.474. The topological polar surface area (TPSA) is 80.6 Å². The van der Waals surface area contributed by atoms with Crippen molar-refractivity contribution in [1.29, 1.82) is 0 Å². The second-order valence-electron chi connectivity index (χ2n) is 6.40. The van der Waals surface area contributed by atoms with Crippen molar-refractivity contribution in [3.63, 3.8) is 0 Å². The van der Waals surface area contributed by atoms with Crippen LogP contribution in [0.3, 0.4) is 0 Å². The molecule has 0 spiro atoms. The van der Waals surface area contributed by atoms with Crippen LogP contribution < -0.4 is 10.6 Å². The van der Waals surface area contributed by atoms with Crippen LogP contribution in [0, 0.1) is 6.92 Å². The number of anilines is 1. The molecular weight excluding hydrogens is 352 g/mol. The number of carbonyl (C=O) groups excluding carboxylic acids is 2. The quantitative estimate of drug-likeness (QED) is 0.724. The number of methoxy groups -OCH3 is 1. The number of thiophene rings is 1. The summed E-state index contributed by atoms with van der Waals surface area (Å²) in [6.45, 7) is 2.96. The molecule has 6 nitrogen and oxygen atoms in total. The lowest BCUT2D eigenvalue weighted by Gasteiger charge is -2.13. The summed E-state index contributed by atoms with van der Waals surface area (Å²) in [7, 11) is 1.64. The minimum absolute atomic E-state index is 0.132. The average Bonchev–Trinajstić information content (AvgIpc) is 3.21. The third kappa shape index (κ3) is 3.99. The highest BCUT2D eigenvalue weighted by atomic mass is 32.1. The summed E-state index contributed by atoms with van der Waals surface area (Å²) in [6.07, 6.45) is 6.27. The standard InChI is InChI=1S/C19H24N2O4S/c1-12-8-11-25-16(12)18(23)21-19-15(17(22)20-9-5-10-24-2)13-6-3-4-7-14(13)26-19/h8,11H,3-7,9-10H2,1-2H3,(H,20,22)(H,21,23). The third-order valence-corrected chi connectivity index (χ3v) is 5.71. The summed E-state index contributed by atoms with van der Waals surface area (Å²) in [6, 6.07) is 1.75. The molecule has 2 aromatic heterocycles. The van der Waals surface area contributed by atoms with Gasteiger partial charge in [0.2, 0.25) is 0 Å². The Bertz CT molecular complexity index is 794. The zero-order chi connectivity index (χ0) is 18.5. The van der Waals surface area contributed by atoms with Gasteiger partial charge in [-0.25, -0.2) is 0 Å². The molecule has 2 aromatic rings. The average molecular weight is 376 g/mol. The summed E-state index contributed by atoms with van der Waals surface area (Å²) < 4.78 is 10.3. The van der Waals surface area contributed by atoms with Crippen molar-refractivity contribution in [1.82, 2.24) is 5.32 Å². The predicted octanol–water partition coefficient (Wildman–Crippen LogP) is 3.55. The number of furan rings is 1. The highest BCUT2D eigenvalue weighted by Gasteiger charge is 2.27. The molecule has 2 amide bonds. The van der Waals surface area contributed by atoms with Gasteiger partial charge in [-0.15, -0.1) is 11.3 Å². The molecule has 0 fully saturated rings. The molecule has 0 aliphatic heterocycles. The summed E-state index contributed by atoms with van der Waals surface area (Å²) >= 11 is 1.51. The van der Waals surface area contributed by atoms with E-state index < -0.39 is 0 Å². The molecule has 140 valence electrons. The van der Waals surface area contributed by atoms with Crippen molar-refractivity contribution in [3.8, 4) is 0 Å². The van der Waals surface area contributed by atoms with Gasteiger partial charge < -0.3 is 19.8 Å². The molecule has 7 heteroatoms. The van der Waals surface area contributed by atoms with Gasteiger partial charge in [0.05, 0.1) is 11.8 Å². The molecular formula is C19H24N2O4S. The van der Waals surface area contributed by atoms with Gasteiger partial charge in [0.15, 0.2) is 5.76 Å². The van der Waals surface area contributed by atoms with E-state index in [-0.39, 0.29) is 17.6 Å². The van der Waals surface area contributed by atoms with E-state index in [1.807, 2.05) is 6.92 Å². The minimum Gasteiger partial charge on any atom is -0.459 e. The summed E-state index contributed by atoms with van der Waals surface area (Å²) in [5.41, 5.74) is 2.46. The van der Waals surface area contributed by atoms with Gasteiger partial charge in [-0.05, 0) is 50.7 Å². The van der Waals surface area contributed by atoms with Crippen LogP contribution in [0.15, 0.2) is 16.7 Å². The van der Waals surface area contributed by atoms with Crippen molar-refractivity contribution in [2.45, 2.75) is 39.0 Å². The van der Waals surface area contributed by atoms with Crippen LogP contribution in [0.1, 0.15) is 56.2 Å². The summed E-state index contributed by atoms with van der Waals surface area (Å²) in [4.78, 5) is 26.5. The van der Waals surface area contributed by atoms with Crippen molar-refractivity contribution >= 4 is 28.2 Å². The Morgan fingerprint density at radius 2 is 2.08 bits per heavy atom. The fourth-order valence-corrected chi connectivity index (χ4v) is 4.45. The van der Waals surface area contributed by atoms with E-state index in [4.69, 9.17) is 9.15 Å². The molecule has 2 heterocycles. The Labute approximate surface area is 156 Å². The first-order valence-corrected chi connectivity index (χ1v) is 9.70. The molecule has 0 bridgehead atoms. The van der Waals surface area contributed by atoms with Crippen molar-refractivity contribution < 1.29 is 18.7 Å². The van der Waals surface area contributed by atoms with E-state index >= 15 is 0 Å². The molecule has 0 unspecified atom stereocenters. The highest BCUT2D eigenvalue weighted by Crippen LogP contribution is 2.38. The van der Waals surface area contributed by atoms with Crippen LogP contribution in [0.2, 0.25) is 0 Å². The maximum absolute atomic E-state index is 12.8. The number of ether oxygens (including phenoxy) is 1. The Balaban J connectivity index is 1.82. The first kappa shape index (κ1) is 18.7. The number of hydrogen-bond donors (Lipinski definition) is 2. The first-order valence-electron chi connectivity index (χ1n) is 8.89. The van der Waals surface area contributed by atoms with Gasteiger partial charge >= 0.3 is 0 Å². The minimum atomic E-state index is -0.320. The number of nitrogens with one attached hydrogen (secondary N) is 2. The zero-order valence-corrected chi connectivity index (χ0v) is 16.0. The van der Waals surface area contributed by atoms with Crippen LogP contribution in [-0.4, -0.2) is 32.1 Å². The van der Waals surface area contributed by atoms with Gasteiger partial charge in [0.25, 0.3) is 11.8 Å². The van der Waals surface area contributed by atoms with Gasteiger partial charge in [0, 0.05) is 30.7 Å². The normalized spacial score (nSPS) is 13.3. The first-order chi connectivity index (χ1) is 12.6. The van der Waals surface area contributed by atoms with Crippen molar-refractivity contribution in [3.05, 3.63) is 39.7 Å². The Hall–Kier alpha value is -2.12. The van der Waals surface area contributed by atoms with Crippen molar-refractivity contribution in [2.24, 2.45) is 0 Å². The lowest BCUT2D eigenvalue weighted by Crippen LogP contribution is -2.27. The van der Waals surface area contributed by atoms with Gasteiger partial charge in [-0.2, -0.15) is 0 Å². The smallest absolute Gasteiger partial charge is 0.292 e. The molecule has 0 aromatic carbocycles. The Morgan fingerprint density at radius 1 is 1.27 bits per heavy atom. The lowest BCUT2D eigenvalue weighted by molar-refractivity contribution is 0.0948. The van der Waals surface area contributed by atoms with Crippen molar-refractivity contribution in [2.75, 3.05) is 25.6 Å². The number of aryl methyl sites for hydroxylation is 2. The maximum atomic E-state index is 12.8. The second kappa shape index (κ2) is 8.51. The van der Waals surface area contributed by atoms with Gasteiger partial charge in [-0.3, -0.25) is 9.59 Å². The molecule has 1 aliphatic carbocycles.